The Bertz CT molecular complexity index is 826. The van der Waals surface area contributed by atoms with Crippen LogP contribution in [0.1, 0.15) is 16.9 Å². The number of aryl methyl sites for hydroxylation is 1. The van der Waals surface area contributed by atoms with Crippen LogP contribution in [0.2, 0.25) is 0 Å². The molecule has 1 fully saturated rings. The van der Waals surface area contributed by atoms with Crippen LogP contribution in [0.5, 0.6) is 0 Å². The normalized spacial score (nSPS) is 18.6. The van der Waals surface area contributed by atoms with Crippen LogP contribution in [0, 0.1) is 6.92 Å². The second-order valence-corrected chi connectivity index (χ2v) is 8.30. The Morgan fingerprint density at radius 3 is 2.82 bits per heavy atom. The van der Waals surface area contributed by atoms with Crippen LogP contribution in [-0.4, -0.2) is 62.1 Å². The molecule has 0 saturated carbocycles. The number of hydrogen-bond acceptors (Lipinski definition) is 6. The van der Waals surface area contributed by atoms with Crippen molar-refractivity contribution in [2.24, 2.45) is 4.99 Å². The lowest BCUT2D eigenvalue weighted by Crippen LogP contribution is -2.53. The van der Waals surface area contributed by atoms with Gasteiger partial charge in [-0.05, 0) is 38.6 Å². The standard InChI is InChI=1S/C20H26N4OS.2ClH/c1-14-12-16-19(24-10-9-23(2)15(13-24)8-11-25-3)21-17-6-4-5-7-18(17)22-20(16)26-14;;/h4-7,12,15,22H,8-11,13H2,1-3H3;2*1H. The SMILES string of the molecule is COCCC1CN(C2=Nc3ccccc3Nc3sc(C)cc32)CCN1C.Cl.Cl. The Kier molecular flexibility index (Phi) is 8.16. The molecule has 3 heterocycles. The first kappa shape index (κ1) is 23.0. The van der Waals surface area contributed by atoms with Crippen molar-refractivity contribution in [2.75, 3.05) is 45.7 Å². The zero-order valence-corrected chi connectivity index (χ0v) is 18.9. The predicted molar refractivity (Wildman–Crippen MR) is 124 cm³/mol. The van der Waals surface area contributed by atoms with Crippen LogP contribution in [0.15, 0.2) is 35.3 Å². The van der Waals surface area contributed by atoms with Gasteiger partial charge in [-0.15, -0.1) is 36.2 Å². The van der Waals surface area contributed by atoms with Crippen LogP contribution in [0.25, 0.3) is 0 Å². The smallest absolute Gasteiger partial charge is 0.139 e. The lowest BCUT2D eigenvalue weighted by molar-refractivity contribution is 0.100. The Labute approximate surface area is 183 Å². The Morgan fingerprint density at radius 1 is 1.25 bits per heavy atom. The number of thiophene rings is 1. The molecule has 8 heteroatoms. The number of likely N-dealkylation sites (N-methyl/N-ethyl adjacent to an activating group) is 1. The second-order valence-electron chi connectivity index (χ2n) is 7.04. The summed E-state index contributed by atoms with van der Waals surface area (Å²) in [5, 5.41) is 4.79. The number of anilines is 2. The maximum Gasteiger partial charge on any atom is 0.139 e. The van der Waals surface area contributed by atoms with E-state index in [-0.39, 0.29) is 24.8 Å². The van der Waals surface area contributed by atoms with Crippen molar-refractivity contribution in [1.29, 1.82) is 0 Å². The first-order valence-corrected chi connectivity index (χ1v) is 9.97. The number of halogens is 2. The van der Waals surface area contributed by atoms with Gasteiger partial charge >= 0.3 is 0 Å². The van der Waals surface area contributed by atoms with E-state index < -0.39 is 0 Å². The summed E-state index contributed by atoms with van der Waals surface area (Å²) in [5.41, 5.74) is 3.31. The van der Waals surface area contributed by atoms with E-state index in [9.17, 15) is 0 Å². The summed E-state index contributed by atoms with van der Waals surface area (Å²) in [5.74, 6) is 1.09. The monoisotopic (exact) mass is 442 g/mol. The minimum absolute atomic E-state index is 0. The van der Waals surface area contributed by atoms with Crippen LogP contribution in [0.4, 0.5) is 16.4 Å². The van der Waals surface area contributed by atoms with Crippen molar-refractivity contribution in [3.05, 3.63) is 40.8 Å². The van der Waals surface area contributed by atoms with E-state index in [1.165, 1.54) is 15.4 Å². The first-order valence-electron chi connectivity index (χ1n) is 9.15. The number of amidine groups is 1. The molecule has 4 rings (SSSR count). The van der Waals surface area contributed by atoms with Crippen molar-refractivity contribution < 1.29 is 4.74 Å². The van der Waals surface area contributed by atoms with Crippen LogP contribution in [0.3, 0.4) is 0 Å². The molecule has 0 spiro atoms. The first-order chi connectivity index (χ1) is 12.7. The van der Waals surface area contributed by atoms with Gasteiger partial charge in [0.2, 0.25) is 0 Å². The van der Waals surface area contributed by atoms with Crippen molar-refractivity contribution in [3.8, 4) is 0 Å². The zero-order chi connectivity index (χ0) is 18.1. The molecule has 1 atom stereocenters. The van der Waals surface area contributed by atoms with Gasteiger partial charge in [-0.2, -0.15) is 0 Å². The molecule has 1 N–H and O–H groups in total. The quantitative estimate of drug-likeness (QED) is 0.748. The molecule has 1 saturated heterocycles. The third-order valence-corrected chi connectivity index (χ3v) is 6.17. The van der Waals surface area contributed by atoms with Gasteiger partial charge in [0, 0.05) is 44.3 Å². The van der Waals surface area contributed by atoms with E-state index in [1.54, 1.807) is 18.4 Å². The van der Waals surface area contributed by atoms with Gasteiger partial charge in [-0.25, -0.2) is 4.99 Å². The average Bonchev–Trinajstić information content (AvgIpc) is 2.93. The van der Waals surface area contributed by atoms with Crippen LogP contribution >= 0.6 is 36.2 Å². The molecule has 1 unspecified atom stereocenters. The number of nitrogens with zero attached hydrogens (tertiary/aromatic N) is 3. The molecule has 1 aromatic carbocycles. The topological polar surface area (TPSA) is 40.1 Å². The van der Waals surface area contributed by atoms with E-state index in [1.807, 2.05) is 0 Å². The van der Waals surface area contributed by atoms with E-state index in [4.69, 9.17) is 9.73 Å². The number of ether oxygens (including phenoxy) is 1. The number of fused-ring (bicyclic) bond motifs is 2. The van der Waals surface area contributed by atoms with E-state index >= 15 is 0 Å². The molecule has 2 aliphatic heterocycles. The summed E-state index contributed by atoms with van der Waals surface area (Å²) >= 11 is 1.80. The number of aliphatic imine (C=N–C) groups is 1. The molecule has 154 valence electrons. The van der Waals surface area contributed by atoms with E-state index in [0.29, 0.717) is 6.04 Å². The van der Waals surface area contributed by atoms with Gasteiger partial charge < -0.3 is 15.0 Å². The summed E-state index contributed by atoms with van der Waals surface area (Å²) in [6.07, 6.45) is 1.04. The van der Waals surface area contributed by atoms with Crippen molar-refractivity contribution in [2.45, 2.75) is 19.4 Å². The third-order valence-electron chi connectivity index (χ3n) is 5.21. The molecule has 0 radical (unpaired) electrons. The maximum absolute atomic E-state index is 5.32. The fraction of sp³-hybridized carbons (Fsp3) is 0.450. The van der Waals surface area contributed by atoms with Crippen LogP contribution in [-0.2, 0) is 4.74 Å². The Balaban J connectivity index is 0.00000140. The molecule has 2 aliphatic rings. The minimum Gasteiger partial charge on any atom is -0.385 e. The van der Waals surface area contributed by atoms with E-state index in [0.717, 1.165) is 49.9 Å². The number of para-hydroxylation sites is 2. The molecular formula is C20H28Cl2N4OS. The minimum atomic E-state index is 0. The molecule has 0 bridgehead atoms. The average molecular weight is 443 g/mol. The summed E-state index contributed by atoms with van der Waals surface area (Å²) in [6, 6.07) is 11.1. The van der Waals surface area contributed by atoms with Crippen molar-refractivity contribution in [3.63, 3.8) is 0 Å². The van der Waals surface area contributed by atoms with Gasteiger partial charge in [-0.1, -0.05) is 12.1 Å². The number of methoxy groups -OCH3 is 1. The highest BCUT2D eigenvalue weighted by Crippen LogP contribution is 2.39. The number of hydrogen-bond donors (Lipinski definition) is 1. The second kappa shape index (κ2) is 9.94. The molecule has 0 amide bonds. The number of nitrogens with one attached hydrogen (secondary N) is 1. The van der Waals surface area contributed by atoms with Gasteiger partial charge in [-0.3, -0.25) is 4.90 Å². The summed E-state index contributed by atoms with van der Waals surface area (Å²) in [6.45, 7) is 5.98. The number of rotatable bonds is 3. The summed E-state index contributed by atoms with van der Waals surface area (Å²) < 4.78 is 5.32. The summed E-state index contributed by atoms with van der Waals surface area (Å²) in [7, 11) is 3.99. The fourth-order valence-corrected chi connectivity index (χ4v) is 4.61. The number of piperazine rings is 1. The molecule has 2 aromatic rings. The fourth-order valence-electron chi connectivity index (χ4n) is 3.69. The molecule has 0 aliphatic carbocycles. The molecular weight excluding hydrogens is 415 g/mol. The highest BCUT2D eigenvalue weighted by molar-refractivity contribution is 7.16. The van der Waals surface area contributed by atoms with Crippen molar-refractivity contribution >= 4 is 58.4 Å². The maximum atomic E-state index is 5.32. The van der Waals surface area contributed by atoms with Crippen molar-refractivity contribution in [1.82, 2.24) is 9.80 Å². The van der Waals surface area contributed by atoms with Gasteiger partial charge in [0.05, 0.1) is 16.9 Å². The lowest BCUT2D eigenvalue weighted by atomic mass is 10.1. The largest absolute Gasteiger partial charge is 0.385 e. The number of benzene rings is 1. The molecule has 28 heavy (non-hydrogen) atoms. The highest BCUT2D eigenvalue weighted by atomic mass is 35.5. The molecule has 5 nitrogen and oxygen atoms in total. The van der Waals surface area contributed by atoms with Gasteiger partial charge in [0.15, 0.2) is 0 Å². The third kappa shape index (κ3) is 4.63. The predicted octanol–water partition coefficient (Wildman–Crippen LogP) is 4.69. The molecule has 1 aromatic heterocycles. The van der Waals surface area contributed by atoms with Crippen LogP contribution < -0.4 is 5.32 Å². The lowest BCUT2D eigenvalue weighted by Gasteiger charge is -2.40. The summed E-state index contributed by atoms with van der Waals surface area (Å²) in [4.78, 5) is 11.3. The highest BCUT2D eigenvalue weighted by Gasteiger charge is 2.29. The van der Waals surface area contributed by atoms with E-state index in [2.05, 4.69) is 59.4 Å². The Morgan fingerprint density at radius 2 is 2.04 bits per heavy atom. The zero-order valence-electron chi connectivity index (χ0n) is 16.5. The van der Waals surface area contributed by atoms with Gasteiger partial charge in [0.25, 0.3) is 0 Å². The van der Waals surface area contributed by atoms with Gasteiger partial charge in [0.1, 0.15) is 10.8 Å². The Hall–Kier alpha value is -1.31.